The zero-order valence-electron chi connectivity index (χ0n) is 14.4. The van der Waals surface area contributed by atoms with Crippen molar-refractivity contribution in [3.8, 4) is 5.75 Å². The molecule has 0 spiro atoms. The highest BCUT2D eigenvalue weighted by molar-refractivity contribution is 5.95. The molecule has 0 heterocycles. The van der Waals surface area contributed by atoms with Crippen LogP contribution in [0.3, 0.4) is 0 Å². The number of ether oxygens (including phenoxy) is 2. The summed E-state index contributed by atoms with van der Waals surface area (Å²) in [5, 5.41) is 5.85. The van der Waals surface area contributed by atoms with Crippen LogP contribution in [0.5, 0.6) is 5.75 Å². The van der Waals surface area contributed by atoms with Gasteiger partial charge in [0.15, 0.2) is 0 Å². The van der Waals surface area contributed by atoms with Gasteiger partial charge in [0.1, 0.15) is 5.75 Å². The average molecular weight is 342 g/mol. The van der Waals surface area contributed by atoms with E-state index in [1.54, 1.807) is 31.4 Å². The van der Waals surface area contributed by atoms with Crippen molar-refractivity contribution in [2.75, 3.05) is 32.6 Å². The summed E-state index contributed by atoms with van der Waals surface area (Å²) >= 11 is 0. The quantitative estimate of drug-likeness (QED) is 0.568. The monoisotopic (exact) mass is 342 g/mol. The molecule has 132 valence electrons. The molecule has 0 fully saturated rings. The lowest BCUT2D eigenvalue weighted by Gasteiger charge is -2.08. The molecule has 25 heavy (non-hydrogen) atoms. The molecule has 1 amide bonds. The standard InChI is InChI=1S/C19H22N2O4/c1-24-17-8-6-14(7-9-17)10-11-20-13-18(22)21-16-5-3-4-15(12-16)19(23)25-2/h3-9,12,20H,10-11,13H2,1-2H3,(H,21,22). The zero-order chi connectivity index (χ0) is 18.1. The summed E-state index contributed by atoms with van der Waals surface area (Å²) in [6.45, 7) is 0.876. The van der Waals surface area contributed by atoms with E-state index in [-0.39, 0.29) is 12.5 Å². The summed E-state index contributed by atoms with van der Waals surface area (Å²) in [7, 11) is 2.95. The molecule has 2 N–H and O–H groups in total. The number of esters is 1. The van der Waals surface area contributed by atoms with E-state index in [1.807, 2.05) is 24.3 Å². The van der Waals surface area contributed by atoms with Gasteiger partial charge < -0.3 is 20.1 Å². The number of rotatable bonds is 8. The summed E-state index contributed by atoms with van der Waals surface area (Å²) in [5.74, 6) is 0.218. The Bertz CT molecular complexity index is 714. The van der Waals surface area contributed by atoms with Crippen molar-refractivity contribution >= 4 is 17.6 Å². The summed E-state index contributed by atoms with van der Waals surface area (Å²) in [6.07, 6.45) is 0.815. The maximum Gasteiger partial charge on any atom is 0.337 e. The minimum Gasteiger partial charge on any atom is -0.497 e. The van der Waals surface area contributed by atoms with Crippen molar-refractivity contribution < 1.29 is 19.1 Å². The number of hydrogen-bond donors (Lipinski definition) is 2. The molecule has 2 aromatic carbocycles. The molecule has 0 aliphatic rings. The van der Waals surface area contributed by atoms with Crippen molar-refractivity contribution in [1.29, 1.82) is 0 Å². The molecular formula is C19H22N2O4. The third-order valence-electron chi connectivity index (χ3n) is 3.60. The smallest absolute Gasteiger partial charge is 0.337 e. The largest absolute Gasteiger partial charge is 0.497 e. The predicted octanol–water partition coefficient (Wildman–Crippen LogP) is 2.25. The van der Waals surface area contributed by atoms with Gasteiger partial charge in [0.25, 0.3) is 0 Å². The van der Waals surface area contributed by atoms with Crippen LogP contribution in [0, 0.1) is 0 Å². The van der Waals surface area contributed by atoms with Crippen molar-refractivity contribution in [3.05, 3.63) is 59.7 Å². The number of anilines is 1. The first-order valence-corrected chi connectivity index (χ1v) is 7.94. The van der Waals surface area contributed by atoms with Crippen LogP contribution in [0.25, 0.3) is 0 Å². The molecule has 0 aliphatic heterocycles. The molecule has 0 atom stereocenters. The van der Waals surface area contributed by atoms with Crippen LogP contribution >= 0.6 is 0 Å². The Labute approximate surface area is 147 Å². The van der Waals surface area contributed by atoms with Gasteiger partial charge in [0.05, 0.1) is 26.3 Å². The Morgan fingerprint density at radius 1 is 1.04 bits per heavy atom. The lowest BCUT2D eigenvalue weighted by molar-refractivity contribution is -0.115. The highest BCUT2D eigenvalue weighted by atomic mass is 16.5. The Kier molecular flexibility index (Phi) is 6.98. The Balaban J connectivity index is 1.74. The van der Waals surface area contributed by atoms with Crippen LogP contribution in [0.2, 0.25) is 0 Å². The Morgan fingerprint density at radius 2 is 1.80 bits per heavy atom. The second kappa shape index (κ2) is 9.44. The summed E-state index contributed by atoms with van der Waals surface area (Å²) in [6, 6.07) is 14.5. The fraction of sp³-hybridized carbons (Fsp3) is 0.263. The highest BCUT2D eigenvalue weighted by Crippen LogP contribution is 2.12. The third kappa shape index (κ3) is 5.93. The van der Waals surface area contributed by atoms with Gasteiger partial charge in [-0.3, -0.25) is 4.79 Å². The molecule has 6 heteroatoms. The first-order chi connectivity index (χ1) is 12.1. The van der Waals surface area contributed by atoms with Gasteiger partial charge in [-0.15, -0.1) is 0 Å². The van der Waals surface area contributed by atoms with Crippen LogP contribution in [0.15, 0.2) is 48.5 Å². The lowest BCUT2D eigenvalue weighted by Crippen LogP contribution is -2.29. The van der Waals surface area contributed by atoms with Crippen LogP contribution in [0.1, 0.15) is 15.9 Å². The molecule has 0 aromatic heterocycles. The maximum atomic E-state index is 12.0. The number of carbonyl (C=O) groups is 2. The van der Waals surface area contributed by atoms with Crippen molar-refractivity contribution in [2.24, 2.45) is 0 Å². The number of amides is 1. The minimum atomic E-state index is -0.436. The predicted molar refractivity (Wildman–Crippen MR) is 96.0 cm³/mol. The number of hydrogen-bond acceptors (Lipinski definition) is 5. The summed E-state index contributed by atoms with van der Waals surface area (Å²) in [5.41, 5.74) is 2.12. The van der Waals surface area contributed by atoms with E-state index in [4.69, 9.17) is 4.74 Å². The zero-order valence-corrected chi connectivity index (χ0v) is 14.4. The van der Waals surface area contributed by atoms with Crippen LogP contribution < -0.4 is 15.4 Å². The van der Waals surface area contributed by atoms with Gasteiger partial charge in [-0.2, -0.15) is 0 Å². The van der Waals surface area contributed by atoms with E-state index < -0.39 is 5.97 Å². The molecule has 0 aliphatic carbocycles. The van der Waals surface area contributed by atoms with Gasteiger partial charge in [-0.05, 0) is 48.9 Å². The van der Waals surface area contributed by atoms with E-state index in [0.717, 1.165) is 12.2 Å². The second-order valence-electron chi connectivity index (χ2n) is 5.40. The van der Waals surface area contributed by atoms with Gasteiger partial charge in [-0.1, -0.05) is 18.2 Å². The van der Waals surface area contributed by atoms with E-state index in [0.29, 0.717) is 17.8 Å². The molecule has 0 radical (unpaired) electrons. The van der Waals surface area contributed by atoms with Gasteiger partial charge >= 0.3 is 5.97 Å². The van der Waals surface area contributed by atoms with E-state index in [9.17, 15) is 9.59 Å². The topological polar surface area (TPSA) is 76.7 Å². The van der Waals surface area contributed by atoms with E-state index in [1.165, 1.54) is 12.7 Å². The molecule has 0 saturated carbocycles. The molecular weight excluding hydrogens is 320 g/mol. The van der Waals surface area contributed by atoms with E-state index in [2.05, 4.69) is 15.4 Å². The van der Waals surface area contributed by atoms with Crippen LogP contribution in [-0.4, -0.2) is 39.2 Å². The molecule has 6 nitrogen and oxygen atoms in total. The molecule has 2 aromatic rings. The summed E-state index contributed by atoms with van der Waals surface area (Å²) in [4.78, 5) is 23.4. The first-order valence-electron chi connectivity index (χ1n) is 7.94. The van der Waals surface area contributed by atoms with Gasteiger partial charge in [-0.25, -0.2) is 4.79 Å². The third-order valence-corrected chi connectivity index (χ3v) is 3.60. The minimum absolute atomic E-state index is 0.170. The number of carbonyl (C=O) groups excluding carboxylic acids is 2. The first kappa shape index (κ1) is 18.5. The SMILES string of the molecule is COC(=O)c1cccc(NC(=O)CNCCc2ccc(OC)cc2)c1. The molecule has 0 saturated heterocycles. The van der Waals surface area contributed by atoms with Gasteiger partial charge in [0.2, 0.25) is 5.91 Å². The molecule has 0 bridgehead atoms. The van der Waals surface area contributed by atoms with Crippen molar-refractivity contribution in [1.82, 2.24) is 5.32 Å². The van der Waals surface area contributed by atoms with Crippen molar-refractivity contribution in [3.63, 3.8) is 0 Å². The average Bonchev–Trinajstić information content (AvgIpc) is 2.65. The van der Waals surface area contributed by atoms with Crippen LogP contribution in [0.4, 0.5) is 5.69 Å². The second-order valence-corrected chi connectivity index (χ2v) is 5.40. The Morgan fingerprint density at radius 3 is 2.48 bits per heavy atom. The number of methoxy groups -OCH3 is 2. The lowest BCUT2D eigenvalue weighted by atomic mass is 10.1. The normalized spacial score (nSPS) is 10.2. The highest BCUT2D eigenvalue weighted by Gasteiger charge is 2.07. The molecule has 0 unspecified atom stereocenters. The molecule has 2 rings (SSSR count). The number of nitrogens with one attached hydrogen (secondary N) is 2. The fourth-order valence-corrected chi connectivity index (χ4v) is 2.27. The van der Waals surface area contributed by atoms with E-state index >= 15 is 0 Å². The van der Waals surface area contributed by atoms with Crippen molar-refractivity contribution in [2.45, 2.75) is 6.42 Å². The number of benzene rings is 2. The van der Waals surface area contributed by atoms with Crippen LogP contribution in [-0.2, 0) is 16.0 Å². The van der Waals surface area contributed by atoms with Gasteiger partial charge in [0, 0.05) is 5.69 Å². The maximum absolute atomic E-state index is 12.0. The fourth-order valence-electron chi connectivity index (χ4n) is 2.27. The summed E-state index contributed by atoms with van der Waals surface area (Å²) < 4.78 is 9.78. The Hall–Kier alpha value is -2.86.